The first kappa shape index (κ1) is 19.8. The average molecular weight is 363 g/mol. The number of aromatic nitrogens is 2. The summed E-state index contributed by atoms with van der Waals surface area (Å²) in [5.74, 6) is -0.00922. The molecule has 0 aromatic carbocycles. The lowest BCUT2D eigenvalue weighted by molar-refractivity contribution is -0.145. The van der Waals surface area contributed by atoms with E-state index in [9.17, 15) is 4.79 Å². The van der Waals surface area contributed by atoms with Crippen molar-refractivity contribution in [2.45, 2.75) is 43.0 Å². The van der Waals surface area contributed by atoms with Crippen molar-refractivity contribution in [1.82, 2.24) is 9.97 Å². The molecule has 130 valence electrons. The third-order valence-electron chi connectivity index (χ3n) is 3.07. The summed E-state index contributed by atoms with van der Waals surface area (Å²) in [5.41, 5.74) is 0. The van der Waals surface area contributed by atoms with Crippen molar-refractivity contribution in [1.29, 1.82) is 0 Å². The Hall–Kier alpha value is -1.21. The van der Waals surface area contributed by atoms with Crippen LogP contribution < -0.4 is 9.47 Å². The van der Waals surface area contributed by atoms with E-state index in [1.807, 2.05) is 20.8 Å². The Morgan fingerprint density at radius 2 is 1.87 bits per heavy atom. The summed E-state index contributed by atoms with van der Waals surface area (Å²) in [5, 5.41) is 0.289. The zero-order valence-electron chi connectivity index (χ0n) is 14.1. The number of unbranched alkanes of at least 4 members (excludes halogenated alkanes) is 1. The maximum atomic E-state index is 12.4. The minimum atomic E-state index is -1.31. The van der Waals surface area contributed by atoms with Crippen molar-refractivity contribution >= 4 is 29.3 Å². The van der Waals surface area contributed by atoms with E-state index in [0.29, 0.717) is 18.4 Å². The van der Waals surface area contributed by atoms with Crippen LogP contribution >= 0.6 is 23.4 Å². The number of nitrogens with zero attached hydrogens (tertiary/aromatic N) is 2. The van der Waals surface area contributed by atoms with Gasteiger partial charge < -0.3 is 14.2 Å². The zero-order chi connectivity index (χ0) is 17.5. The molecule has 1 unspecified atom stereocenters. The molecular formula is C15H23ClN2O4S. The fourth-order valence-corrected chi connectivity index (χ4v) is 2.75. The van der Waals surface area contributed by atoms with Crippen LogP contribution in [0.15, 0.2) is 11.2 Å². The molecule has 1 aromatic rings. The van der Waals surface area contributed by atoms with Gasteiger partial charge in [0.1, 0.15) is 0 Å². The first-order valence-electron chi connectivity index (χ1n) is 7.39. The van der Waals surface area contributed by atoms with E-state index in [1.54, 1.807) is 6.07 Å². The Kier molecular flexibility index (Phi) is 7.91. The first-order chi connectivity index (χ1) is 10.9. The fraction of sp³-hybridized carbons (Fsp3) is 0.667. The number of thioether (sulfide) groups is 1. The quantitative estimate of drug-likeness (QED) is 0.219. The smallest absolute Gasteiger partial charge is 0.338 e. The normalized spacial score (nSPS) is 13.5. The largest absolute Gasteiger partial charge is 0.481 e. The van der Waals surface area contributed by atoms with Gasteiger partial charge in [-0.25, -0.2) is 4.79 Å². The number of hydrogen-bond donors (Lipinski definition) is 0. The van der Waals surface area contributed by atoms with E-state index < -0.39 is 10.2 Å². The highest BCUT2D eigenvalue weighted by molar-refractivity contribution is 8.02. The van der Waals surface area contributed by atoms with Crippen LogP contribution in [-0.2, 0) is 9.53 Å². The molecule has 0 N–H and O–H groups in total. The molecule has 1 aromatic heterocycles. The van der Waals surface area contributed by atoms with Gasteiger partial charge in [-0.3, -0.25) is 0 Å². The molecule has 0 spiro atoms. The van der Waals surface area contributed by atoms with Gasteiger partial charge in [-0.05, 0) is 12.3 Å². The van der Waals surface area contributed by atoms with Crippen LogP contribution in [0.4, 0.5) is 0 Å². The van der Waals surface area contributed by atoms with E-state index in [1.165, 1.54) is 14.2 Å². The number of alkyl halides is 1. The molecule has 23 heavy (non-hydrogen) atoms. The molecule has 0 bridgehead atoms. The summed E-state index contributed by atoms with van der Waals surface area (Å²) in [7, 11) is 2.98. The lowest BCUT2D eigenvalue weighted by atomic mass is 10.1. The number of esters is 1. The molecule has 0 aliphatic rings. The molecule has 1 atom stereocenters. The van der Waals surface area contributed by atoms with Gasteiger partial charge in [0, 0.05) is 0 Å². The monoisotopic (exact) mass is 362 g/mol. The van der Waals surface area contributed by atoms with Crippen LogP contribution in [0.3, 0.4) is 0 Å². The summed E-state index contributed by atoms with van der Waals surface area (Å²) < 4.78 is 14.2. The Morgan fingerprint density at radius 3 is 2.30 bits per heavy atom. The number of carbonyl (C=O) groups is 1. The van der Waals surface area contributed by atoms with Crippen LogP contribution in [-0.4, -0.2) is 41.0 Å². The van der Waals surface area contributed by atoms with Gasteiger partial charge in [0.05, 0.1) is 26.9 Å². The molecule has 6 nitrogen and oxygen atoms in total. The van der Waals surface area contributed by atoms with E-state index >= 15 is 0 Å². The van der Waals surface area contributed by atoms with Crippen LogP contribution in [0, 0.1) is 5.92 Å². The predicted molar refractivity (Wildman–Crippen MR) is 90.3 cm³/mol. The second kappa shape index (κ2) is 9.17. The second-order valence-electron chi connectivity index (χ2n) is 5.13. The highest BCUT2D eigenvalue weighted by Crippen LogP contribution is 2.43. The highest BCUT2D eigenvalue weighted by atomic mass is 35.5. The molecule has 0 amide bonds. The summed E-state index contributed by atoms with van der Waals surface area (Å²) in [6.45, 7) is 6.06. The number of carbonyl (C=O) groups excluding carboxylic acids is 1. The lowest BCUT2D eigenvalue weighted by Crippen LogP contribution is -2.36. The van der Waals surface area contributed by atoms with E-state index in [0.717, 1.165) is 24.6 Å². The molecule has 0 radical (unpaired) electrons. The summed E-state index contributed by atoms with van der Waals surface area (Å²) in [6.07, 6.45) is 1.73. The van der Waals surface area contributed by atoms with Gasteiger partial charge in [-0.2, -0.15) is 9.97 Å². The van der Waals surface area contributed by atoms with Crippen molar-refractivity contribution in [3.05, 3.63) is 6.07 Å². The Morgan fingerprint density at radius 1 is 1.30 bits per heavy atom. The average Bonchev–Trinajstić information content (AvgIpc) is 2.54. The Bertz CT molecular complexity index is 508. The maximum absolute atomic E-state index is 12.4. The molecule has 1 rings (SSSR count). The van der Waals surface area contributed by atoms with Crippen LogP contribution in [0.5, 0.6) is 11.8 Å². The van der Waals surface area contributed by atoms with Crippen molar-refractivity contribution in [3.63, 3.8) is 0 Å². The second-order valence-corrected chi connectivity index (χ2v) is 7.16. The van der Waals surface area contributed by atoms with Crippen molar-refractivity contribution in [2.24, 2.45) is 5.92 Å². The third-order valence-corrected chi connectivity index (χ3v) is 5.19. The fourth-order valence-electron chi connectivity index (χ4n) is 1.57. The molecule has 0 aliphatic carbocycles. The van der Waals surface area contributed by atoms with Crippen molar-refractivity contribution in [3.8, 4) is 11.8 Å². The minimum absolute atomic E-state index is 0.191. The number of ether oxygens (including phenoxy) is 3. The first-order valence-corrected chi connectivity index (χ1v) is 8.59. The Labute approximate surface area is 146 Å². The van der Waals surface area contributed by atoms with Gasteiger partial charge in [0.25, 0.3) is 0 Å². The molecule has 1 heterocycles. The standard InChI is InChI=1S/C15H23ClN2O4S/c1-6-7-8-22-13(19)15(16,10(2)3)23-14-17-11(20-4)9-12(18-14)21-5/h9-10H,6-8H2,1-5H3. The van der Waals surface area contributed by atoms with E-state index in [-0.39, 0.29) is 11.1 Å². The van der Waals surface area contributed by atoms with Gasteiger partial charge in [0.15, 0.2) is 9.36 Å². The maximum Gasteiger partial charge on any atom is 0.338 e. The zero-order valence-corrected chi connectivity index (χ0v) is 15.7. The highest BCUT2D eigenvalue weighted by Gasteiger charge is 2.43. The predicted octanol–water partition coefficient (Wildman–Crippen LogP) is 3.52. The molecule has 0 saturated heterocycles. The summed E-state index contributed by atoms with van der Waals surface area (Å²) >= 11 is 7.59. The number of halogens is 1. The molecule has 0 saturated carbocycles. The van der Waals surface area contributed by atoms with Crippen molar-refractivity contribution < 1.29 is 19.0 Å². The van der Waals surface area contributed by atoms with Crippen molar-refractivity contribution in [2.75, 3.05) is 20.8 Å². The van der Waals surface area contributed by atoms with E-state index in [2.05, 4.69) is 9.97 Å². The van der Waals surface area contributed by atoms with Crippen LogP contribution in [0.25, 0.3) is 0 Å². The molecule has 8 heteroatoms. The van der Waals surface area contributed by atoms with Crippen LogP contribution in [0.2, 0.25) is 0 Å². The number of rotatable bonds is 9. The van der Waals surface area contributed by atoms with Gasteiger partial charge in [0.2, 0.25) is 11.8 Å². The van der Waals surface area contributed by atoms with Gasteiger partial charge in [-0.1, -0.05) is 50.6 Å². The Balaban J connectivity index is 3.00. The minimum Gasteiger partial charge on any atom is -0.481 e. The van der Waals surface area contributed by atoms with Gasteiger partial charge >= 0.3 is 5.97 Å². The number of hydrogen-bond acceptors (Lipinski definition) is 7. The molecular weight excluding hydrogens is 340 g/mol. The summed E-state index contributed by atoms with van der Waals surface area (Å²) in [4.78, 5) is 20.8. The SMILES string of the molecule is CCCCOC(=O)C(Cl)(Sc1nc(OC)cc(OC)n1)C(C)C. The number of methoxy groups -OCH3 is 2. The molecule has 0 fully saturated rings. The lowest BCUT2D eigenvalue weighted by Gasteiger charge is -2.27. The van der Waals surface area contributed by atoms with Crippen LogP contribution in [0.1, 0.15) is 33.6 Å². The topological polar surface area (TPSA) is 70.5 Å². The molecule has 0 aliphatic heterocycles. The van der Waals surface area contributed by atoms with E-state index in [4.69, 9.17) is 25.8 Å². The van der Waals surface area contributed by atoms with Gasteiger partial charge in [-0.15, -0.1) is 0 Å². The summed E-state index contributed by atoms with van der Waals surface area (Å²) in [6, 6.07) is 1.55. The third kappa shape index (κ3) is 5.42.